The third-order valence-corrected chi connectivity index (χ3v) is 8.11. The van der Waals surface area contributed by atoms with Crippen LogP contribution in [-0.2, 0) is 10.0 Å². The molecule has 1 aromatic rings. The first-order valence-corrected chi connectivity index (χ1v) is 9.59. The van der Waals surface area contributed by atoms with Crippen molar-refractivity contribution in [2.24, 2.45) is 5.41 Å². The minimum Gasteiger partial charge on any atom is -0.494 e. The van der Waals surface area contributed by atoms with E-state index in [0.717, 1.165) is 32.4 Å². The second-order valence-corrected chi connectivity index (χ2v) is 9.22. The molecule has 2 aliphatic heterocycles. The number of hydrogen-bond donors (Lipinski definition) is 0. The summed E-state index contributed by atoms with van der Waals surface area (Å²) < 4.78 is 32.8. The van der Waals surface area contributed by atoms with Crippen molar-refractivity contribution in [1.29, 1.82) is 0 Å². The van der Waals surface area contributed by atoms with Crippen LogP contribution < -0.4 is 4.74 Å². The second-order valence-electron chi connectivity index (χ2n) is 6.17. The van der Waals surface area contributed by atoms with Crippen molar-refractivity contribution < 1.29 is 13.2 Å². The smallest absolute Gasteiger partial charge is 0.256 e. The molecule has 0 atom stereocenters. The molecular formula is C14H22N2O3S2. The van der Waals surface area contributed by atoms with E-state index in [-0.39, 0.29) is 5.41 Å². The maximum Gasteiger partial charge on any atom is 0.256 e. The lowest BCUT2D eigenvalue weighted by atomic mass is 9.78. The molecule has 0 N–H and O–H groups in total. The predicted molar refractivity (Wildman–Crippen MR) is 83.4 cm³/mol. The van der Waals surface area contributed by atoms with Crippen LogP contribution in [0.4, 0.5) is 0 Å². The van der Waals surface area contributed by atoms with Crippen LogP contribution >= 0.6 is 11.3 Å². The molecule has 2 aliphatic rings. The van der Waals surface area contributed by atoms with Crippen LogP contribution in [0.1, 0.15) is 19.3 Å². The maximum absolute atomic E-state index is 12.8. The van der Waals surface area contributed by atoms with Crippen LogP contribution in [0.25, 0.3) is 0 Å². The largest absolute Gasteiger partial charge is 0.494 e. The minimum atomic E-state index is -3.41. The number of methoxy groups -OCH3 is 1. The highest BCUT2D eigenvalue weighted by atomic mass is 32.2. The Balaban J connectivity index is 1.79. The molecule has 0 saturated carbocycles. The molecule has 3 heterocycles. The van der Waals surface area contributed by atoms with Gasteiger partial charge in [0.15, 0.2) is 4.21 Å². The van der Waals surface area contributed by atoms with Crippen LogP contribution in [0.5, 0.6) is 5.75 Å². The lowest BCUT2D eigenvalue weighted by molar-refractivity contribution is 0.134. The lowest BCUT2D eigenvalue weighted by Crippen LogP contribution is -2.40. The number of nitrogens with zero attached hydrogens (tertiary/aromatic N) is 2. The third-order valence-electron chi connectivity index (χ3n) is 4.84. The summed E-state index contributed by atoms with van der Waals surface area (Å²) in [6, 6.07) is 1.72. The van der Waals surface area contributed by atoms with Gasteiger partial charge in [-0.1, -0.05) is 0 Å². The van der Waals surface area contributed by atoms with Gasteiger partial charge in [-0.05, 0) is 56.3 Å². The first kappa shape index (κ1) is 15.3. The summed E-state index contributed by atoms with van der Waals surface area (Å²) >= 11 is 1.24. The summed E-state index contributed by atoms with van der Waals surface area (Å²) in [5.74, 6) is 0.462. The number of sulfonamides is 1. The molecule has 5 nitrogen and oxygen atoms in total. The van der Waals surface area contributed by atoms with E-state index in [0.29, 0.717) is 23.0 Å². The zero-order valence-electron chi connectivity index (χ0n) is 12.5. The topological polar surface area (TPSA) is 49.9 Å². The monoisotopic (exact) mass is 330 g/mol. The number of ether oxygens (including phenoxy) is 1. The molecular weight excluding hydrogens is 308 g/mol. The molecule has 3 rings (SSSR count). The highest BCUT2D eigenvalue weighted by Gasteiger charge is 2.44. The Bertz CT molecular complexity index is 603. The van der Waals surface area contributed by atoms with Crippen molar-refractivity contribution in [2.45, 2.75) is 23.5 Å². The Morgan fingerprint density at radius 3 is 2.57 bits per heavy atom. The fourth-order valence-electron chi connectivity index (χ4n) is 3.34. The Morgan fingerprint density at radius 1 is 1.24 bits per heavy atom. The molecule has 1 aromatic heterocycles. The first-order chi connectivity index (χ1) is 9.97. The molecule has 118 valence electrons. The fraction of sp³-hybridized carbons (Fsp3) is 0.714. The number of thiophene rings is 1. The van der Waals surface area contributed by atoms with Gasteiger partial charge >= 0.3 is 0 Å². The Labute approximate surface area is 130 Å². The van der Waals surface area contributed by atoms with Gasteiger partial charge in [-0.3, -0.25) is 0 Å². The van der Waals surface area contributed by atoms with Crippen molar-refractivity contribution in [2.75, 3.05) is 40.3 Å². The van der Waals surface area contributed by atoms with Gasteiger partial charge in [-0.15, -0.1) is 11.3 Å². The van der Waals surface area contributed by atoms with Crippen molar-refractivity contribution in [3.05, 3.63) is 11.4 Å². The summed E-state index contributed by atoms with van der Waals surface area (Å²) in [6.45, 7) is 3.42. The van der Waals surface area contributed by atoms with Crippen LogP contribution in [0.3, 0.4) is 0 Å². The van der Waals surface area contributed by atoms with E-state index in [1.54, 1.807) is 15.8 Å². The molecule has 0 amide bonds. The average molecular weight is 330 g/mol. The van der Waals surface area contributed by atoms with Gasteiger partial charge in [0.2, 0.25) is 0 Å². The molecule has 2 fully saturated rings. The van der Waals surface area contributed by atoms with Crippen molar-refractivity contribution in [3.8, 4) is 5.75 Å². The number of rotatable bonds is 3. The summed E-state index contributed by atoms with van der Waals surface area (Å²) in [7, 11) is 0.235. The van der Waals surface area contributed by atoms with Crippen molar-refractivity contribution in [1.82, 2.24) is 9.21 Å². The SMILES string of the molecule is COc1ccsc1S(=O)(=O)N1CCC2(CCN(C)CC2)C1. The molecule has 1 spiro atoms. The molecule has 0 aliphatic carbocycles. The number of piperidine rings is 1. The van der Waals surface area contributed by atoms with Gasteiger partial charge in [-0.2, -0.15) is 4.31 Å². The fourth-order valence-corrected chi connectivity index (χ4v) is 6.31. The Kier molecular flexibility index (Phi) is 4.02. The quantitative estimate of drug-likeness (QED) is 0.849. The second kappa shape index (κ2) is 5.53. The molecule has 0 bridgehead atoms. The third kappa shape index (κ3) is 2.72. The average Bonchev–Trinajstić information content (AvgIpc) is 3.10. The van der Waals surface area contributed by atoms with Gasteiger partial charge in [0.05, 0.1) is 7.11 Å². The Hall–Kier alpha value is -0.630. The van der Waals surface area contributed by atoms with Gasteiger partial charge in [0.25, 0.3) is 10.0 Å². The normalized spacial score (nSPS) is 23.7. The van der Waals surface area contributed by atoms with E-state index in [4.69, 9.17) is 4.74 Å². The molecule has 0 aromatic carbocycles. The molecule has 2 saturated heterocycles. The molecule has 7 heteroatoms. The highest BCUT2D eigenvalue weighted by Crippen LogP contribution is 2.43. The van der Waals surface area contributed by atoms with Crippen LogP contribution in [-0.4, -0.2) is 58.0 Å². The van der Waals surface area contributed by atoms with E-state index >= 15 is 0 Å². The van der Waals surface area contributed by atoms with E-state index in [2.05, 4.69) is 11.9 Å². The van der Waals surface area contributed by atoms with Crippen molar-refractivity contribution in [3.63, 3.8) is 0 Å². The Morgan fingerprint density at radius 2 is 1.90 bits per heavy atom. The summed E-state index contributed by atoms with van der Waals surface area (Å²) in [5, 5.41) is 1.77. The van der Waals surface area contributed by atoms with Crippen LogP contribution in [0, 0.1) is 5.41 Å². The van der Waals surface area contributed by atoms with Crippen LogP contribution in [0.15, 0.2) is 15.7 Å². The maximum atomic E-state index is 12.8. The van der Waals surface area contributed by atoms with E-state index in [1.165, 1.54) is 18.4 Å². The predicted octanol–water partition coefficient (Wildman–Crippen LogP) is 1.86. The first-order valence-electron chi connectivity index (χ1n) is 7.27. The summed E-state index contributed by atoms with van der Waals surface area (Å²) in [5.41, 5.74) is 0.185. The zero-order valence-corrected chi connectivity index (χ0v) is 14.2. The van der Waals surface area contributed by atoms with Gasteiger partial charge in [0, 0.05) is 13.1 Å². The minimum absolute atomic E-state index is 0.185. The van der Waals surface area contributed by atoms with E-state index < -0.39 is 10.0 Å². The molecule has 0 radical (unpaired) electrons. The van der Waals surface area contributed by atoms with Gasteiger partial charge in [0.1, 0.15) is 5.75 Å². The lowest BCUT2D eigenvalue weighted by Gasteiger charge is -2.37. The summed E-state index contributed by atoms with van der Waals surface area (Å²) in [4.78, 5) is 2.32. The molecule has 21 heavy (non-hydrogen) atoms. The van der Waals surface area contributed by atoms with Crippen molar-refractivity contribution >= 4 is 21.4 Å². The van der Waals surface area contributed by atoms with Crippen LogP contribution in [0.2, 0.25) is 0 Å². The zero-order chi connectivity index (χ0) is 15.1. The van der Waals surface area contributed by atoms with Gasteiger partial charge in [-0.25, -0.2) is 8.42 Å². The highest BCUT2D eigenvalue weighted by molar-refractivity contribution is 7.91. The standard InChI is InChI=1S/C14H22N2O3S2/c1-15-7-4-14(5-8-15)6-9-16(11-14)21(17,18)13-12(19-2)3-10-20-13/h3,10H,4-9,11H2,1-2H3. The van der Waals surface area contributed by atoms with Gasteiger partial charge < -0.3 is 9.64 Å². The number of hydrogen-bond acceptors (Lipinski definition) is 5. The van der Waals surface area contributed by atoms with E-state index in [9.17, 15) is 8.42 Å². The number of likely N-dealkylation sites (tertiary alicyclic amines) is 1. The summed E-state index contributed by atoms with van der Waals surface area (Å²) in [6.07, 6.45) is 3.17. The molecule has 0 unspecified atom stereocenters. The van der Waals surface area contributed by atoms with E-state index in [1.807, 2.05) is 0 Å².